The van der Waals surface area contributed by atoms with Gasteiger partial charge < -0.3 is 15.2 Å². The summed E-state index contributed by atoms with van der Waals surface area (Å²) in [6.45, 7) is 0.782. The fraction of sp³-hybridized carbons (Fsp3) is 0.444. The molecule has 4 heteroatoms. The third-order valence-electron chi connectivity index (χ3n) is 1.50. The molecule has 2 N–H and O–H groups in total. The molecule has 0 saturated carbocycles. The molecule has 0 aliphatic rings. The van der Waals surface area contributed by atoms with Crippen molar-refractivity contribution in [2.45, 2.75) is 6.10 Å². The van der Waals surface area contributed by atoms with Crippen molar-refractivity contribution in [3.05, 3.63) is 24.4 Å². The van der Waals surface area contributed by atoms with Gasteiger partial charge >= 0.3 is 0 Å². The average Bonchev–Trinajstić information content (AvgIpc) is 2.17. The van der Waals surface area contributed by atoms with Crippen LogP contribution in [0.3, 0.4) is 0 Å². The molecule has 13 heavy (non-hydrogen) atoms. The Morgan fingerprint density at radius 3 is 3.08 bits per heavy atom. The van der Waals surface area contributed by atoms with Crippen LogP contribution in [0.2, 0.25) is 0 Å². The number of rotatable bonds is 5. The van der Waals surface area contributed by atoms with Crippen LogP contribution in [0, 0.1) is 0 Å². The van der Waals surface area contributed by atoms with Gasteiger partial charge in [0, 0.05) is 18.8 Å². The van der Waals surface area contributed by atoms with Gasteiger partial charge in [0.1, 0.15) is 12.7 Å². The fourth-order valence-corrected chi connectivity index (χ4v) is 0.909. The first-order chi connectivity index (χ1) is 6.33. The van der Waals surface area contributed by atoms with Gasteiger partial charge in [0.25, 0.3) is 0 Å². The molecule has 1 rings (SSSR count). The van der Waals surface area contributed by atoms with Crippen molar-refractivity contribution >= 4 is 0 Å². The van der Waals surface area contributed by atoms with E-state index in [9.17, 15) is 5.11 Å². The molecule has 1 aromatic rings. The van der Waals surface area contributed by atoms with Crippen LogP contribution >= 0.6 is 0 Å². The SMILES string of the molecule is CNCC(O)COc1ccccn1. The number of likely N-dealkylation sites (N-methyl/N-ethyl adjacent to an activating group) is 1. The Morgan fingerprint density at radius 2 is 2.46 bits per heavy atom. The van der Waals surface area contributed by atoms with Gasteiger partial charge in [-0.05, 0) is 13.1 Å². The number of aliphatic hydroxyl groups excluding tert-OH is 1. The number of aliphatic hydroxyl groups is 1. The van der Waals surface area contributed by atoms with E-state index in [2.05, 4.69) is 10.3 Å². The van der Waals surface area contributed by atoms with Crippen LogP contribution in [0.15, 0.2) is 24.4 Å². The van der Waals surface area contributed by atoms with Crippen LogP contribution in [-0.4, -0.2) is 36.4 Å². The lowest BCUT2D eigenvalue weighted by Crippen LogP contribution is -2.29. The summed E-state index contributed by atoms with van der Waals surface area (Å²) in [5.41, 5.74) is 0. The highest BCUT2D eigenvalue weighted by molar-refractivity contribution is 5.09. The first-order valence-corrected chi connectivity index (χ1v) is 4.19. The molecule has 0 bridgehead atoms. The van der Waals surface area contributed by atoms with E-state index >= 15 is 0 Å². The zero-order valence-electron chi connectivity index (χ0n) is 7.60. The standard InChI is InChI=1S/C9H14N2O2/c1-10-6-8(12)7-13-9-4-2-3-5-11-9/h2-5,8,10,12H,6-7H2,1H3. The number of hydrogen-bond donors (Lipinski definition) is 2. The second kappa shape index (κ2) is 5.50. The minimum atomic E-state index is -0.494. The van der Waals surface area contributed by atoms with E-state index in [1.807, 2.05) is 12.1 Å². The predicted octanol–water partition coefficient (Wildman–Crippen LogP) is 0.0407. The summed E-state index contributed by atoms with van der Waals surface area (Å²) in [6, 6.07) is 5.41. The second-order valence-corrected chi connectivity index (χ2v) is 2.69. The first-order valence-electron chi connectivity index (χ1n) is 4.19. The summed E-state index contributed by atoms with van der Waals surface area (Å²) in [7, 11) is 1.78. The molecule has 0 spiro atoms. The van der Waals surface area contributed by atoms with Crippen LogP contribution in [0.25, 0.3) is 0 Å². The molecule has 0 aromatic carbocycles. The van der Waals surface area contributed by atoms with Crippen LogP contribution in [0.1, 0.15) is 0 Å². The average molecular weight is 182 g/mol. The van der Waals surface area contributed by atoms with Crippen LogP contribution < -0.4 is 10.1 Å². The zero-order valence-corrected chi connectivity index (χ0v) is 7.60. The van der Waals surface area contributed by atoms with E-state index in [0.29, 0.717) is 12.4 Å². The van der Waals surface area contributed by atoms with E-state index in [1.165, 1.54) is 0 Å². The van der Waals surface area contributed by atoms with Gasteiger partial charge in [-0.25, -0.2) is 4.98 Å². The number of nitrogens with zero attached hydrogens (tertiary/aromatic N) is 1. The topological polar surface area (TPSA) is 54.4 Å². The van der Waals surface area contributed by atoms with E-state index in [1.54, 1.807) is 19.3 Å². The van der Waals surface area contributed by atoms with E-state index in [0.717, 1.165) is 0 Å². The highest BCUT2D eigenvalue weighted by Crippen LogP contribution is 2.03. The Bertz CT molecular complexity index is 228. The van der Waals surface area contributed by atoms with Crippen LogP contribution in [0.4, 0.5) is 0 Å². The first kappa shape index (κ1) is 9.95. The molecule has 0 amide bonds. The Kier molecular flexibility index (Phi) is 4.21. The molecule has 0 fully saturated rings. The smallest absolute Gasteiger partial charge is 0.213 e. The van der Waals surface area contributed by atoms with Crippen molar-refractivity contribution in [3.63, 3.8) is 0 Å². The molecule has 0 saturated heterocycles. The molecule has 0 aliphatic heterocycles. The third-order valence-corrected chi connectivity index (χ3v) is 1.50. The molecule has 1 atom stereocenters. The molecule has 1 unspecified atom stereocenters. The summed E-state index contributed by atoms with van der Waals surface area (Å²) in [4.78, 5) is 3.96. The van der Waals surface area contributed by atoms with Crippen molar-refractivity contribution in [1.82, 2.24) is 10.3 Å². The largest absolute Gasteiger partial charge is 0.475 e. The maximum absolute atomic E-state index is 9.30. The Hall–Kier alpha value is -1.13. The number of hydrogen-bond acceptors (Lipinski definition) is 4. The van der Waals surface area contributed by atoms with E-state index in [4.69, 9.17) is 4.74 Å². The number of aromatic nitrogens is 1. The Balaban J connectivity index is 2.27. The van der Waals surface area contributed by atoms with Gasteiger partial charge in [0.05, 0.1) is 0 Å². The van der Waals surface area contributed by atoms with Crippen molar-refractivity contribution in [2.24, 2.45) is 0 Å². The van der Waals surface area contributed by atoms with Gasteiger partial charge in [-0.2, -0.15) is 0 Å². The highest BCUT2D eigenvalue weighted by atomic mass is 16.5. The minimum absolute atomic E-state index is 0.262. The van der Waals surface area contributed by atoms with Crippen LogP contribution in [0.5, 0.6) is 5.88 Å². The Labute approximate surface area is 77.6 Å². The van der Waals surface area contributed by atoms with Crippen molar-refractivity contribution in [3.8, 4) is 5.88 Å². The lowest BCUT2D eigenvalue weighted by Gasteiger charge is -2.10. The summed E-state index contributed by atoms with van der Waals surface area (Å²) >= 11 is 0. The molecule has 0 radical (unpaired) electrons. The van der Waals surface area contributed by atoms with Gasteiger partial charge in [0.2, 0.25) is 5.88 Å². The van der Waals surface area contributed by atoms with Gasteiger partial charge in [-0.15, -0.1) is 0 Å². The molecule has 1 heterocycles. The molecule has 1 aromatic heterocycles. The highest BCUT2D eigenvalue weighted by Gasteiger charge is 2.02. The molecule has 4 nitrogen and oxygen atoms in total. The van der Waals surface area contributed by atoms with Crippen molar-refractivity contribution in [1.29, 1.82) is 0 Å². The lowest BCUT2D eigenvalue weighted by atomic mass is 10.4. The number of ether oxygens (including phenoxy) is 1. The van der Waals surface area contributed by atoms with E-state index < -0.39 is 6.10 Å². The number of nitrogens with one attached hydrogen (secondary N) is 1. The monoisotopic (exact) mass is 182 g/mol. The zero-order chi connectivity index (χ0) is 9.52. The third kappa shape index (κ3) is 3.87. The van der Waals surface area contributed by atoms with Gasteiger partial charge in [0.15, 0.2) is 0 Å². The second-order valence-electron chi connectivity index (χ2n) is 2.69. The minimum Gasteiger partial charge on any atom is -0.475 e. The Morgan fingerprint density at radius 1 is 1.62 bits per heavy atom. The summed E-state index contributed by atoms with van der Waals surface area (Å²) < 4.78 is 5.22. The van der Waals surface area contributed by atoms with Gasteiger partial charge in [-0.1, -0.05) is 6.07 Å². The normalized spacial score (nSPS) is 12.5. The molecule has 72 valence electrons. The maximum Gasteiger partial charge on any atom is 0.213 e. The summed E-state index contributed by atoms with van der Waals surface area (Å²) in [5, 5.41) is 12.1. The molecule has 0 aliphatic carbocycles. The van der Waals surface area contributed by atoms with Crippen molar-refractivity contribution < 1.29 is 9.84 Å². The quantitative estimate of drug-likeness (QED) is 0.675. The number of pyridine rings is 1. The maximum atomic E-state index is 9.30. The fourth-order valence-electron chi connectivity index (χ4n) is 0.909. The predicted molar refractivity (Wildman–Crippen MR) is 49.7 cm³/mol. The van der Waals surface area contributed by atoms with Crippen molar-refractivity contribution in [2.75, 3.05) is 20.2 Å². The van der Waals surface area contributed by atoms with Gasteiger partial charge in [-0.3, -0.25) is 0 Å². The lowest BCUT2D eigenvalue weighted by molar-refractivity contribution is 0.106. The van der Waals surface area contributed by atoms with E-state index in [-0.39, 0.29) is 6.61 Å². The van der Waals surface area contributed by atoms with Crippen LogP contribution in [-0.2, 0) is 0 Å². The summed E-state index contributed by atoms with van der Waals surface area (Å²) in [6.07, 6.45) is 1.16. The molecular weight excluding hydrogens is 168 g/mol. The molecular formula is C9H14N2O2. The summed E-state index contributed by atoms with van der Waals surface area (Å²) in [5.74, 6) is 0.539.